The van der Waals surface area contributed by atoms with E-state index in [-0.39, 0.29) is 5.91 Å². The Hall–Kier alpha value is -0.570. The molecule has 2 N–H and O–H groups in total. The van der Waals surface area contributed by atoms with Gasteiger partial charge in [0.1, 0.15) is 0 Å². The van der Waals surface area contributed by atoms with Gasteiger partial charge in [-0.3, -0.25) is 4.79 Å². The lowest BCUT2D eigenvalue weighted by molar-refractivity contribution is -0.118. The number of rotatable bonds is 4. The summed E-state index contributed by atoms with van der Waals surface area (Å²) in [4.78, 5) is 10.4. The molecule has 0 spiro atoms. The van der Waals surface area contributed by atoms with Crippen molar-refractivity contribution in [3.8, 4) is 0 Å². The van der Waals surface area contributed by atoms with Crippen molar-refractivity contribution in [2.45, 2.75) is 26.3 Å². The third-order valence-corrected chi connectivity index (χ3v) is 2.01. The van der Waals surface area contributed by atoms with E-state index in [1.165, 1.54) is 6.42 Å². The average Bonchev–Trinajstić information content (AvgIpc) is 2.59. The smallest absolute Gasteiger partial charge is 0.216 e. The molecule has 3 heteroatoms. The molecule has 1 aliphatic rings. The van der Waals surface area contributed by atoms with Gasteiger partial charge in [-0.15, -0.1) is 0 Å². The molecule has 0 radical (unpaired) electrons. The minimum atomic E-state index is 0.0515. The molecule has 1 rings (SSSR count). The quantitative estimate of drug-likeness (QED) is 0.568. The fourth-order valence-electron chi connectivity index (χ4n) is 1.10. The van der Waals surface area contributed by atoms with Crippen molar-refractivity contribution in [3.63, 3.8) is 0 Å². The number of amides is 1. The number of carbonyl (C=O) groups excluding carboxylic acids is 1. The Morgan fingerprint density at radius 3 is 2.64 bits per heavy atom. The van der Waals surface area contributed by atoms with E-state index >= 15 is 0 Å². The van der Waals surface area contributed by atoms with Crippen LogP contribution >= 0.6 is 0 Å². The van der Waals surface area contributed by atoms with Crippen molar-refractivity contribution < 1.29 is 4.79 Å². The summed E-state index contributed by atoms with van der Waals surface area (Å²) in [5.74, 6) is 0.892. The van der Waals surface area contributed by atoms with Gasteiger partial charge in [0.2, 0.25) is 5.91 Å². The molecule has 0 aliphatic heterocycles. The minimum Gasteiger partial charge on any atom is -0.355 e. The lowest BCUT2D eigenvalue weighted by Crippen LogP contribution is -2.31. The molecular weight excluding hydrogens is 140 g/mol. The van der Waals surface area contributed by atoms with Gasteiger partial charge in [0.25, 0.3) is 0 Å². The number of hydrogen-bond donors (Lipinski definition) is 2. The lowest BCUT2D eigenvalue weighted by Gasteiger charge is -2.02. The summed E-state index contributed by atoms with van der Waals surface area (Å²) in [6.45, 7) is 5.42. The van der Waals surface area contributed by atoms with Gasteiger partial charge in [-0.05, 0) is 12.3 Å². The van der Waals surface area contributed by atoms with Crippen molar-refractivity contribution in [1.82, 2.24) is 10.6 Å². The Morgan fingerprint density at radius 1 is 1.55 bits per heavy atom. The molecule has 0 aromatic rings. The number of carbonyl (C=O) groups is 1. The number of hydrogen-bond acceptors (Lipinski definition) is 2. The van der Waals surface area contributed by atoms with Crippen LogP contribution in [0.3, 0.4) is 0 Å². The van der Waals surface area contributed by atoms with Crippen molar-refractivity contribution in [2.75, 3.05) is 13.1 Å². The summed E-state index contributed by atoms with van der Waals surface area (Å²) in [7, 11) is 0. The molecule has 1 fully saturated rings. The topological polar surface area (TPSA) is 41.1 Å². The molecule has 1 aliphatic carbocycles. The zero-order valence-corrected chi connectivity index (χ0v) is 7.18. The van der Waals surface area contributed by atoms with Crippen molar-refractivity contribution in [1.29, 1.82) is 0 Å². The zero-order chi connectivity index (χ0) is 8.27. The standard InChI is InChI=1S/C8H16N2O/c1-6-5-8(6)10-4-3-9-7(2)11/h6,8,10H,3-5H2,1-2H3,(H,9,11). The largest absolute Gasteiger partial charge is 0.355 e. The maximum atomic E-state index is 10.4. The highest BCUT2D eigenvalue weighted by Crippen LogP contribution is 2.28. The van der Waals surface area contributed by atoms with Crippen LogP contribution in [0, 0.1) is 5.92 Å². The summed E-state index contributed by atoms with van der Waals surface area (Å²) in [5.41, 5.74) is 0. The summed E-state index contributed by atoms with van der Waals surface area (Å²) in [6, 6.07) is 0.712. The third kappa shape index (κ3) is 3.37. The first-order chi connectivity index (χ1) is 5.20. The van der Waals surface area contributed by atoms with Crippen LogP contribution in [0.5, 0.6) is 0 Å². The molecule has 0 bridgehead atoms. The highest BCUT2D eigenvalue weighted by atomic mass is 16.1. The molecule has 64 valence electrons. The van der Waals surface area contributed by atoms with Crippen molar-refractivity contribution in [3.05, 3.63) is 0 Å². The lowest BCUT2D eigenvalue weighted by atomic mass is 10.4. The van der Waals surface area contributed by atoms with Gasteiger partial charge in [-0.1, -0.05) is 6.92 Å². The molecule has 1 amide bonds. The van der Waals surface area contributed by atoms with E-state index in [1.807, 2.05) is 0 Å². The van der Waals surface area contributed by atoms with Crippen LogP contribution in [0.1, 0.15) is 20.3 Å². The molecule has 2 atom stereocenters. The Morgan fingerprint density at radius 2 is 2.18 bits per heavy atom. The van der Waals surface area contributed by atoms with E-state index in [4.69, 9.17) is 0 Å². The molecular formula is C8H16N2O. The fourth-order valence-corrected chi connectivity index (χ4v) is 1.10. The summed E-state index contributed by atoms with van der Waals surface area (Å²) in [5, 5.41) is 6.09. The maximum Gasteiger partial charge on any atom is 0.216 e. The van der Waals surface area contributed by atoms with E-state index in [9.17, 15) is 4.79 Å². The second-order valence-corrected chi connectivity index (χ2v) is 3.26. The van der Waals surface area contributed by atoms with E-state index in [1.54, 1.807) is 6.92 Å². The second-order valence-electron chi connectivity index (χ2n) is 3.26. The first kappa shape index (κ1) is 8.53. The Bertz CT molecular complexity index is 147. The molecule has 0 saturated heterocycles. The van der Waals surface area contributed by atoms with E-state index in [2.05, 4.69) is 17.6 Å². The first-order valence-corrected chi connectivity index (χ1v) is 4.18. The predicted molar refractivity (Wildman–Crippen MR) is 44.3 cm³/mol. The Labute approximate surface area is 67.5 Å². The van der Waals surface area contributed by atoms with E-state index in [0.29, 0.717) is 6.04 Å². The maximum absolute atomic E-state index is 10.4. The molecule has 1 saturated carbocycles. The Balaban J connectivity index is 1.85. The minimum absolute atomic E-state index is 0.0515. The van der Waals surface area contributed by atoms with Crippen molar-refractivity contribution >= 4 is 5.91 Å². The molecule has 2 unspecified atom stereocenters. The van der Waals surface area contributed by atoms with Crippen LogP contribution in [-0.2, 0) is 4.79 Å². The van der Waals surface area contributed by atoms with Gasteiger partial charge in [-0.25, -0.2) is 0 Å². The second kappa shape index (κ2) is 3.72. The van der Waals surface area contributed by atoms with Crippen LogP contribution < -0.4 is 10.6 Å². The molecule has 0 aromatic heterocycles. The van der Waals surface area contributed by atoms with Crippen LogP contribution in [0.15, 0.2) is 0 Å². The molecule has 3 nitrogen and oxygen atoms in total. The molecule has 0 heterocycles. The van der Waals surface area contributed by atoms with Gasteiger partial charge in [0.15, 0.2) is 0 Å². The van der Waals surface area contributed by atoms with Crippen LogP contribution in [0.4, 0.5) is 0 Å². The predicted octanol–water partition coefficient (Wildman–Crippen LogP) is 0.120. The highest BCUT2D eigenvalue weighted by molar-refractivity contribution is 5.72. The van der Waals surface area contributed by atoms with Crippen LogP contribution in [0.25, 0.3) is 0 Å². The number of nitrogens with one attached hydrogen (secondary N) is 2. The zero-order valence-electron chi connectivity index (χ0n) is 7.18. The van der Waals surface area contributed by atoms with Gasteiger partial charge in [0.05, 0.1) is 0 Å². The molecule has 11 heavy (non-hydrogen) atoms. The average molecular weight is 156 g/mol. The normalized spacial score (nSPS) is 28.2. The highest BCUT2D eigenvalue weighted by Gasteiger charge is 2.31. The van der Waals surface area contributed by atoms with Gasteiger partial charge >= 0.3 is 0 Å². The van der Waals surface area contributed by atoms with E-state index in [0.717, 1.165) is 19.0 Å². The first-order valence-electron chi connectivity index (χ1n) is 4.18. The van der Waals surface area contributed by atoms with Crippen molar-refractivity contribution in [2.24, 2.45) is 5.92 Å². The third-order valence-electron chi connectivity index (χ3n) is 2.01. The summed E-state index contributed by atoms with van der Waals surface area (Å²) < 4.78 is 0. The van der Waals surface area contributed by atoms with E-state index < -0.39 is 0 Å². The van der Waals surface area contributed by atoms with Crippen LogP contribution in [0.2, 0.25) is 0 Å². The molecule has 0 aromatic carbocycles. The Kier molecular flexibility index (Phi) is 2.88. The van der Waals surface area contributed by atoms with Crippen LogP contribution in [-0.4, -0.2) is 25.0 Å². The van der Waals surface area contributed by atoms with Gasteiger partial charge in [-0.2, -0.15) is 0 Å². The summed E-state index contributed by atoms with van der Waals surface area (Å²) in [6.07, 6.45) is 1.29. The van der Waals surface area contributed by atoms with Gasteiger partial charge in [0, 0.05) is 26.1 Å². The summed E-state index contributed by atoms with van der Waals surface area (Å²) >= 11 is 0. The monoisotopic (exact) mass is 156 g/mol. The fraction of sp³-hybridized carbons (Fsp3) is 0.875. The SMILES string of the molecule is CC(=O)NCCNC1CC1C. The van der Waals surface area contributed by atoms with Gasteiger partial charge < -0.3 is 10.6 Å².